The molecule has 0 spiro atoms. The first-order chi connectivity index (χ1) is 5.11. The van der Waals surface area contributed by atoms with Gasteiger partial charge in [-0.3, -0.25) is 4.79 Å². The molecule has 1 atom stereocenters. The molecule has 2 heteroatoms. The number of hydrogen-bond donors (Lipinski definition) is 1. The molecule has 0 aliphatic heterocycles. The van der Waals surface area contributed by atoms with Gasteiger partial charge in [-0.2, -0.15) is 0 Å². The first-order valence-corrected chi connectivity index (χ1v) is 3.98. The molecule has 2 nitrogen and oxygen atoms in total. The van der Waals surface area contributed by atoms with Crippen LogP contribution >= 0.6 is 0 Å². The maximum atomic E-state index is 11.1. The summed E-state index contributed by atoms with van der Waals surface area (Å²) in [6.07, 6.45) is 2.69. The summed E-state index contributed by atoms with van der Waals surface area (Å²) in [5.41, 5.74) is 0.992. The molecule has 62 valence electrons. The third-order valence-corrected chi connectivity index (χ3v) is 1.76. The largest absolute Gasteiger partial charge is 0.381 e. The minimum absolute atomic E-state index is 0.00815. The number of rotatable bonds is 3. The Morgan fingerprint density at radius 1 is 1.55 bits per heavy atom. The molecule has 0 saturated heterocycles. The van der Waals surface area contributed by atoms with Crippen molar-refractivity contribution in [2.45, 2.75) is 32.8 Å². The van der Waals surface area contributed by atoms with Crippen molar-refractivity contribution in [1.29, 1.82) is 0 Å². The Balaban J connectivity index is 2.45. The zero-order valence-corrected chi connectivity index (χ0v) is 7.00. The Morgan fingerprint density at radius 3 is 2.45 bits per heavy atom. The highest BCUT2D eigenvalue weighted by atomic mass is 16.3. The maximum absolute atomic E-state index is 11.1. The van der Waals surface area contributed by atoms with Gasteiger partial charge in [-0.1, -0.05) is 11.6 Å². The number of ketones is 1. The quantitative estimate of drug-likeness (QED) is 0.622. The van der Waals surface area contributed by atoms with Gasteiger partial charge < -0.3 is 5.11 Å². The van der Waals surface area contributed by atoms with Crippen molar-refractivity contribution in [3.8, 4) is 0 Å². The molecule has 0 radical (unpaired) electrons. The van der Waals surface area contributed by atoms with Crippen LogP contribution in [0.5, 0.6) is 0 Å². The van der Waals surface area contributed by atoms with E-state index in [1.165, 1.54) is 0 Å². The summed E-state index contributed by atoms with van der Waals surface area (Å²) >= 11 is 0. The molecule has 0 heterocycles. The lowest BCUT2D eigenvalue weighted by atomic mass is 10.1. The van der Waals surface area contributed by atoms with E-state index >= 15 is 0 Å². The summed E-state index contributed by atoms with van der Waals surface area (Å²) < 4.78 is 0. The molecular weight excluding hydrogens is 140 g/mol. The fourth-order valence-electron chi connectivity index (χ4n) is 1.01. The van der Waals surface area contributed by atoms with Gasteiger partial charge in [0.1, 0.15) is 6.10 Å². The van der Waals surface area contributed by atoms with Crippen LogP contribution in [0.3, 0.4) is 0 Å². The third-order valence-electron chi connectivity index (χ3n) is 1.76. The summed E-state index contributed by atoms with van der Waals surface area (Å²) in [5, 5.41) is 9.27. The SMILES string of the molecule is CC(C)=CC(O)C(=O)C1CC1. The van der Waals surface area contributed by atoms with Crippen LogP contribution in [0.1, 0.15) is 26.7 Å². The van der Waals surface area contributed by atoms with E-state index in [0.717, 1.165) is 18.4 Å². The Hall–Kier alpha value is -0.630. The van der Waals surface area contributed by atoms with Crippen molar-refractivity contribution >= 4 is 5.78 Å². The number of carbonyl (C=O) groups excluding carboxylic acids is 1. The van der Waals surface area contributed by atoms with E-state index in [-0.39, 0.29) is 11.7 Å². The highest BCUT2D eigenvalue weighted by Gasteiger charge is 2.32. The minimum Gasteiger partial charge on any atom is -0.381 e. The summed E-state index contributed by atoms with van der Waals surface area (Å²) in [7, 11) is 0. The molecule has 1 fully saturated rings. The standard InChI is InChI=1S/C9H14O2/c1-6(2)5-8(10)9(11)7-3-4-7/h5,7-8,10H,3-4H2,1-2H3. The van der Waals surface area contributed by atoms with Gasteiger partial charge in [-0.25, -0.2) is 0 Å². The molecule has 0 bridgehead atoms. The highest BCUT2D eigenvalue weighted by molar-refractivity contribution is 5.88. The van der Waals surface area contributed by atoms with Crippen LogP contribution in [0.25, 0.3) is 0 Å². The van der Waals surface area contributed by atoms with Crippen molar-refractivity contribution in [2.75, 3.05) is 0 Å². The van der Waals surface area contributed by atoms with Gasteiger partial charge in [-0.05, 0) is 26.7 Å². The predicted molar refractivity (Wildman–Crippen MR) is 43.2 cm³/mol. The monoisotopic (exact) mass is 154 g/mol. The van der Waals surface area contributed by atoms with Gasteiger partial charge in [0.05, 0.1) is 0 Å². The molecule has 1 saturated carbocycles. The second-order valence-electron chi connectivity index (χ2n) is 3.37. The van der Waals surface area contributed by atoms with E-state index in [1.54, 1.807) is 6.08 Å². The van der Waals surface area contributed by atoms with Crippen molar-refractivity contribution < 1.29 is 9.90 Å². The summed E-state index contributed by atoms with van der Waals surface area (Å²) in [6, 6.07) is 0. The number of aliphatic hydroxyl groups excluding tert-OH is 1. The second-order valence-corrected chi connectivity index (χ2v) is 3.37. The molecule has 1 rings (SSSR count). The molecular formula is C9H14O2. The van der Waals surface area contributed by atoms with Gasteiger partial charge in [0.15, 0.2) is 5.78 Å². The van der Waals surface area contributed by atoms with Gasteiger partial charge in [0, 0.05) is 5.92 Å². The van der Waals surface area contributed by atoms with Crippen molar-refractivity contribution in [2.24, 2.45) is 5.92 Å². The molecule has 0 aromatic heterocycles. The van der Waals surface area contributed by atoms with E-state index < -0.39 is 6.10 Å². The van der Waals surface area contributed by atoms with E-state index in [9.17, 15) is 9.90 Å². The Bertz CT molecular complexity index is 186. The number of hydrogen-bond acceptors (Lipinski definition) is 2. The smallest absolute Gasteiger partial charge is 0.168 e. The molecule has 0 aromatic rings. The molecule has 0 aromatic carbocycles. The Morgan fingerprint density at radius 2 is 2.09 bits per heavy atom. The normalized spacial score (nSPS) is 19.2. The highest BCUT2D eigenvalue weighted by Crippen LogP contribution is 2.31. The average molecular weight is 154 g/mol. The van der Waals surface area contributed by atoms with E-state index in [4.69, 9.17) is 0 Å². The van der Waals surface area contributed by atoms with Crippen LogP contribution in [-0.4, -0.2) is 17.0 Å². The van der Waals surface area contributed by atoms with Crippen LogP contribution in [-0.2, 0) is 4.79 Å². The maximum Gasteiger partial charge on any atom is 0.168 e. The van der Waals surface area contributed by atoms with Crippen molar-refractivity contribution in [3.63, 3.8) is 0 Å². The number of allylic oxidation sites excluding steroid dienone is 1. The third kappa shape index (κ3) is 2.46. The Labute approximate surface area is 66.9 Å². The van der Waals surface area contributed by atoms with E-state index in [2.05, 4.69) is 0 Å². The predicted octanol–water partition coefficient (Wildman–Crippen LogP) is 1.29. The lowest BCUT2D eigenvalue weighted by molar-refractivity contribution is -0.126. The minimum atomic E-state index is -0.854. The lowest BCUT2D eigenvalue weighted by Gasteiger charge is -2.02. The molecule has 1 N–H and O–H groups in total. The fourth-order valence-corrected chi connectivity index (χ4v) is 1.01. The molecule has 1 unspecified atom stereocenters. The topological polar surface area (TPSA) is 37.3 Å². The van der Waals surface area contributed by atoms with Crippen LogP contribution in [0.15, 0.2) is 11.6 Å². The van der Waals surface area contributed by atoms with Crippen LogP contribution in [0.4, 0.5) is 0 Å². The first kappa shape index (κ1) is 8.47. The first-order valence-electron chi connectivity index (χ1n) is 3.98. The summed E-state index contributed by atoms with van der Waals surface area (Å²) in [6.45, 7) is 3.76. The number of aliphatic hydroxyl groups is 1. The number of Topliss-reactive ketones (excluding diaryl/α,β-unsaturated/α-hetero) is 1. The van der Waals surface area contributed by atoms with Crippen LogP contribution in [0.2, 0.25) is 0 Å². The average Bonchev–Trinajstić information content (AvgIpc) is 2.65. The number of carbonyl (C=O) groups is 1. The molecule has 1 aliphatic carbocycles. The van der Waals surface area contributed by atoms with Crippen molar-refractivity contribution in [3.05, 3.63) is 11.6 Å². The van der Waals surface area contributed by atoms with Crippen molar-refractivity contribution in [1.82, 2.24) is 0 Å². The summed E-state index contributed by atoms with van der Waals surface area (Å²) in [5.74, 6) is 0.145. The van der Waals surface area contributed by atoms with E-state index in [0.29, 0.717) is 0 Å². The van der Waals surface area contributed by atoms with E-state index in [1.807, 2.05) is 13.8 Å². The molecule has 0 amide bonds. The van der Waals surface area contributed by atoms with Crippen LogP contribution < -0.4 is 0 Å². The van der Waals surface area contributed by atoms with Crippen LogP contribution in [0, 0.1) is 5.92 Å². The molecule has 1 aliphatic rings. The second kappa shape index (κ2) is 3.18. The zero-order chi connectivity index (χ0) is 8.43. The Kier molecular flexibility index (Phi) is 2.45. The molecule has 11 heavy (non-hydrogen) atoms. The van der Waals surface area contributed by atoms with Gasteiger partial charge in [0.25, 0.3) is 0 Å². The lowest BCUT2D eigenvalue weighted by Crippen LogP contribution is -2.19. The van der Waals surface area contributed by atoms with Gasteiger partial charge in [-0.15, -0.1) is 0 Å². The van der Waals surface area contributed by atoms with Gasteiger partial charge in [0.2, 0.25) is 0 Å². The fraction of sp³-hybridized carbons (Fsp3) is 0.667. The zero-order valence-electron chi connectivity index (χ0n) is 7.00. The summed E-state index contributed by atoms with van der Waals surface area (Å²) in [4.78, 5) is 11.1. The van der Waals surface area contributed by atoms with Gasteiger partial charge >= 0.3 is 0 Å².